The summed E-state index contributed by atoms with van der Waals surface area (Å²) in [7, 11) is 1.42. The highest BCUT2D eigenvalue weighted by molar-refractivity contribution is 6.44. The Bertz CT molecular complexity index is 457. The number of hydrogen-bond donors (Lipinski definition) is 1. The summed E-state index contributed by atoms with van der Waals surface area (Å²) in [6.07, 6.45) is 1.49. The molecule has 0 bridgehead atoms. The van der Waals surface area contributed by atoms with E-state index in [9.17, 15) is 9.59 Å². The topological polar surface area (TPSA) is 55.4 Å². The van der Waals surface area contributed by atoms with Gasteiger partial charge in [-0.3, -0.25) is 9.59 Å². The summed E-state index contributed by atoms with van der Waals surface area (Å²) in [6, 6.07) is 4.52. The monoisotopic (exact) mass is 253 g/mol. The first-order chi connectivity index (χ1) is 8.10. The van der Waals surface area contributed by atoms with Gasteiger partial charge >= 0.3 is 0 Å². The van der Waals surface area contributed by atoms with Crippen molar-refractivity contribution >= 4 is 23.3 Å². The van der Waals surface area contributed by atoms with Gasteiger partial charge in [-0.2, -0.15) is 0 Å². The Morgan fingerprint density at radius 1 is 1.53 bits per heavy atom. The van der Waals surface area contributed by atoms with Crippen molar-refractivity contribution in [2.24, 2.45) is 0 Å². The number of benzene rings is 1. The van der Waals surface area contributed by atoms with Crippen LogP contribution in [0.1, 0.15) is 10.4 Å². The summed E-state index contributed by atoms with van der Waals surface area (Å²) in [5.41, 5.74) is 0.140. The van der Waals surface area contributed by atoms with Crippen molar-refractivity contribution in [2.75, 3.05) is 13.7 Å². The van der Waals surface area contributed by atoms with Gasteiger partial charge < -0.3 is 10.1 Å². The quantitative estimate of drug-likeness (QED) is 0.495. The van der Waals surface area contributed by atoms with Crippen molar-refractivity contribution in [2.45, 2.75) is 0 Å². The minimum absolute atomic E-state index is 0.140. The van der Waals surface area contributed by atoms with Crippen LogP contribution in [0.2, 0.25) is 5.02 Å². The highest BCUT2D eigenvalue weighted by Gasteiger charge is 2.19. The zero-order valence-corrected chi connectivity index (χ0v) is 10.1. The maximum Gasteiger partial charge on any atom is 0.292 e. The van der Waals surface area contributed by atoms with Gasteiger partial charge in [0.2, 0.25) is 0 Å². The first kappa shape index (κ1) is 13.3. The van der Waals surface area contributed by atoms with Crippen LogP contribution in [0.4, 0.5) is 0 Å². The smallest absolute Gasteiger partial charge is 0.292 e. The number of hydrogen-bond acceptors (Lipinski definition) is 3. The average molecular weight is 254 g/mol. The maximum atomic E-state index is 11.8. The van der Waals surface area contributed by atoms with Gasteiger partial charge in [0.25, 0.3) is 11.7 Å². The summed E-state index contributed by atoms with van der Waals surface area (Å²) in [5, 5.41) is 2.76. The van der Waals surface area contributed by atoms with E-state index in [0.717, 1.165) is 0 Å². The van der Waals surface area contributed by atoms with Crippen LogP contribution >= 0.6 is 11.6 Å². The molecule has 0 atom stereocenters. The van der Waals surface area contributed by atoms with Crippen LogP contribution in [0, 0.1) is 0 Å². The Hall–Kier alpha value is -1.81. The molecule has 1 amide bonds. The zero-order chi connectivity index (χ0) is 12.8. The largest absolute Gasteiger partial charge is 0.496 e. The standard InChI is InChI=1S/C12H12ClNO3/c1-3-6-14-12(16)11(15)9-7-8(13)4-5-10(9)17-2/h3-5,7H,1,6H2,2H3,(H,14,16). The van der Waals surface area contributed by atoms with Crippen LogP contribution in [-0.4, -0.2) is 25.3 Å². The molecule has 1 aromatic carbocycles. The molecule has 0 heterocycles. The van der Waals surface area contributed by atoms with Crippen molar-refractivity contribution in [3.05, 3.63) is 41.4 Å². The van der Waals surface area contributed by atoms with Crippen molar-refractivity contribution in [3.63, 3.8) is 0 Å². The first-order valence-electron chi connectivity index (χ1n) is 4.87. The van der Waals surface area contributed by atoms with Gasteiger partial charge in [-0.15, -0.1) is 6.58 Å². The lowest BCUT2D eigenvalue weighted by Crippen LogP contribution is -2.31. The average Bonchev–Trinajstić information content (AvgIpc) is 2.34. The second-order valence-electron chi connectivity index (χ2n) is 3.17. The van der Waals surface area contributed by atoms with E-state index in [1.165, 1.54) is 25.3 Å². The van der Waals surface area contributed by atoms with E-state index in [1.54, 1.807) is 6.07 Å². The third-order valence-electron chi connectivity index (χ3n) is 2.02. The van der Waals surface area contributed by atoms with Gasteiger partial charge in [-0.1, -0.05) is 17.7 Å². The fourth-order valence-corrected chi connectivity index (χ4v) is 1.40. The number of carbonyl (C=O) groups excluding carboxylic acids is 2. The second-order valence-corrected chi connectivity index (χ2v) is 3.61. The normalized spacial score (nSPS) is 9.53. The first-order valence-corrected chi connectivity index (χ1v) is 5.25. The second kappa shape index (κ2) is 6.06. The summed E-state index contributed by atoms with van der Waals surface area (Å²) < 4.78 is 5.00. The molecule has 0 saturated heterocycles. The SMILES string of the molecule is C=CCNC(=O)C(=O)c1cc(Cl)ccc1OC. The van der Waals surface area contributed by atoms with E-state index in [2.05, 4.69) is 11.9 Å². The third-order valence-corrected chi connectivity index (χ3v) is 2.25. The molecule has 0 fully saturated rings. The predicted molar refractivity (Wildman–Crippen MR) is 65.5 cm³/mol. The molecule has 1 rings (SSSR count). The molecule has 0 saturated carbocycles. The minimum atomic E-state index is -0.717. The molecule has 90 valence electrons. The number of carbonyl (C=O) groups is 2. The summed E-state index contributed by atoms with van der Waals surface area (Å²) in [6.45, 7) is 3.67. The van der Waals surface area contributed by atoms with Gasteiger partial charge in [0.1, 0.15) is 5.75 Å². The lowest BCUT2D eigenvalue weighted by molar-refractivity contribution is -0.116. The fraction of sp³-hybridized carbons (Fsp3) is 0.167. The molecule has 0 radical (unpaired) electrons. The summed E-state index contributed by atoms with van der Waals surface area (Å²) >= 11 is 5.77. The van der Waals surface area contributed by atoms with Gasteiger partial charge in [0, 0.05) is 11.6 Å². The van der Waals surface area contributed by atoms with Gasteiger partial charge in [0.15, 0.2) is 0 Å². The van der Waals surface area contributed by atoms with Gasteiger partial charge in [-0.05, 0) is 18.2 Å². The van der Waals surface area contributed by atoms with Crippen molar-refractivity contribution in [1.29, 1.82) is 0 Å². The van der Waals surface area contributed by atoms with E-state index in [0.29, 0.717) is 10.8 Å². The Labute approximate surface area is 104 Å². The molecule has 4 nitrogen and oxygen atoms in total. The maximum absolute atomic E-state index is 11.8. The molecule has 1 N–H and O–H groups in total. The fourth-order valence-electron chi connectivity index (χ4n) is 1.23. The van der Waals surface area contributed by atoms with Gasteiger partial charge in [-0.25, -0.2) is 0 Å². The van der Waals surface area contributed by atoms with Crippen molar-refractivity contribution in [1.82, 2.24) is 5.32 Å². The minimum Gasteiger partial charge on any atom is -0.496 e. The number of nitrogens with one attached hydrogen (secondary N) is 1. The molecular formula is C12H12ClNO3. The molecule has 0 spiro atoms. The van der Waals surface area contributed by atoms with E-state index >= 15 is 0 Å². The molecular weight excluding hydrogens is 242 g/mol. The highest BCUT2D eigenvalue weighted by Crippen LogP contribution is 2.22. The van der Waals surface area contributed by atoms with E-state index in [4.69, 9.17) is 16.3 Å². The van der Waals surface area contributed by atoms with Gasteiger partial charge in [0.05, 0.1) is 12.7 Å². The molecule has 0 aromatic heterocycles. The Morgan fingerprint density at radius 3 is 2.82 bits per heavy atom. The third kappa shape index (κ3) is 3.32. The van der Waals surface area contributed by atoms with Crippen LogP contribution in [0.5, 0.6) is 5.75 Å². The van der Waals surface area contributed by atoms with Crippen LogP contribution < -0.4 is 10.1 Å². The van der Waals surface area contributed by atoms with Crippen molar-refractivity contribution < 1.29 is 14.3 Å². The van der Waals surface area contributed by atoms with Crippen LogP contribution in [-0.2, 0) is 4.79 Å². The highest BCUT2D eigenvalue weighted by atomic mass is 35.5. The van der Waals surface area contributed by atoms with Crippen LogP contribution in [0.3, 0.4) is 0 Å². The molecule has 0 aliphatic carbocycles. The van der Waals surface area contributed by atoms with Crippen molar-refractivity contribution in [3.8, 4) is 5.75 Å². The molecule has 0 unspecified atom stereocenters. The van der Waals surface area contributed by atoms with E-state index < -0.39 is 11.7 Å². The lowest BCUT2D eigenvalue weighted by atomic mass is 10.1. The number of rotatable bonds is 5. The predicted octanol–water partition coefficient (Wildman–Crippen LogP) is 1.83. The van der Waals surface area contributed by atoms with E-state index in [1.807, 2.05) is 0 Å². The summed E-state index contributed by atoms with van der Waals surface area (Å²) in [4.78, 5) is 23.3. The molecule has 0 aliphatic heterocycles. The molecule has 0 aliphatic rings. The number of amides is 1. The Morgan fingerprint density at radius 2 is 2.24 bits per heavy atom. The lowest BCUT2D eigenvalue weighted by Gasteiger charge is -2.07. The molecule has 1 aromatic rings. The zero-order valence-electron chi connectivity index (χ0n) is 9.33. The number of ketones is 1. The van der Waals surface area contributed by atoms with Crippen LogP contribution in [0.15, 0.2) is 30.9 Å². The Kier molecular flexibility index (Phi) is 4.72. The van der Waals surface area contributed by atoms with E-state index in [-0.39, 0.29) is 12.1 Å². The summed E-state index contributed by atoms with van der Waals surface area (Å²) in [5.74, 6) is -1.09. The van der Waals surface area contributed by atoms with Crippen LogP contribution in [0.25, 0.3) is 0 Å². The molecule has 17 heavy (non-hydrogen) atoms. The molecule has 5 heteroatoms. The number of halogens is 1. The number of Topliss-reactive ketones (excluding diaryl/α,β-unsaturated/α-hetero) is 1. The number of methoxy groups -OCH3 is 1. The Balaban J connectivity index is 2.98. The number of ether oxygens (including phenoxy) is 1.